The van der Waals surface area contributed by atoms with Crippen LogP contribution in [0.1, 0.15) is 26.2 Å². The van der Waals surface area contributed by atoms with Crippen molar-refractivity contribution in [2.45, 2.75) is 26.2 Å². The van der Waals surface area contributed by atoms with E-state index in [4.69, 9.17) is 5.11 Å². The van der Waals surface area contributed by atoms with Crippen LogP contribution in [0.4, 0.5) is 0 Å². The van der Waals surface area contributed by atoms with Gasteiger partial charge in [-0.2, -0.15) is 0 Å². The highest BCUT2D eigenvalue weighted by Gasteiger charge is 2.39. The van der Waals surface area contributed by atoms with Gasteiger partial charge in [-0.3, -0.25) is 4.79 Å². The summed E-state index contributed by atoms with van der Waals surface area (Å²) in [5.41, 5.74) is -0.188. The first-order valence-corrected chi connectivity index (χ1v) is 6.27. The number of aliphatic hydroxyl groups is 1. The van der Waals surface area contributed by atoms with Crippen LogP contribution < -0.4 is 5.32 Å². The highest BCUT2D eigenvalue weighted by atomic mass is 16.3. The topological polar surface area (TPSA) is 52.6 Å². The molecule has 2 aliphatic rings. The van der Waals surface area contributed by atoms with E-state index in [0.717, 1.165) is 45.4 Å². The van der Waals surface area contributed by atoms with E-state index in [-0.39, 0.29) is 12.0 Å². The number of carbonyl (C=O) groups excluding carboxylic acids is 1. The molecule has 4 nitrogen and oxygen atoms in total. The molecule has 0 saturated carbocycles. The van der Waals surface area contributed by atoms with Crippen LogP contribution in [0.5, 0.6) is 0 Å². The molecule has 2 saturated heterocycles. The molecule has 16 heavy (non-hydrogen) atoms. The Morgan fingerprint density at radius 1 is 1.50 bits per heavy atom. The van der Waals surface area contributed by atoms with Crippen molar-refractivity contribution < 1.29 is 9.90 Å². The average Bonchev–Trinajstić information content (AvgIpc) is 2.77. The molecule has 1 atom stereocenters. The van der Waals surface area contributed by atoms with Gasteiger partial charge in [-0.1, -0.05) is 0 Å². The summed E-state index contributed by atoms with van der Waals surface area (Å²) in [6, 6.07) is 0. The molecule has 0 aliphatic carbocycles. The zero-order chi connectivity index (χ0) is 11.6. The Morgan fingerprint density at radius 3 is 2.69 bits per heavy atom. The van der Waals surface area contributed by atoms with E-state index >= 15 is 0 Å². The molecule has 1 unspecified atom stereocenters. The Balaban J connectivity index is 1.91. The fraction of sp³-hybridized carbons (Fsp3) is 0.917. The molecular weight excluding hydrogens is 204 g/mol. The first kappa shape index (κ1) is 11.9. The lowest BCUT2D eigenvalue weighted by atomic mass is 9.86. The number of piperidine rings is 1. The summed E-state index contributed by atoms with van der Waals surface area (Å²) in [6.07, 6.45) is 2.85. The predicted octanol–water partition coefficient (Wildman–Crippen LogP) is 0.217. The molecule has 0 bridgehead atoms. The fourth-order valence-electron chi connectivity index (χ4n) is 2.70. The maximum Gasteiger partial charge on any atom is 0.229 e. The number of amides is 1. The first-order chi connectivity index (χ1) is 7.65. The Kier molecular flexibility index (Phi) is 3.50. The van der Waals surface area contributed by atoms with Gasteiger partial charge >= 0.3 is 0 Å². The van der Waals surface area contributed by atoms with Crippen molar-refractivity contribution in [1.29, 1.82) is 0 Å². The van der Waals surface area contributed by atoms with Crippen LogP contribution in [-0.2, 0) is 4.79 Å². The second-order valence-electron chi connectivity index (χ2n) is 5.41. The minimum absolute atomic E-state index is 0.188. The van der Waals surface area contributed by atoms with Gasteiger partial charge in [-0.25, -0.2) is 0 Å². The van der Waals surface area contributed by atoms with Crippen molar-refractivity contribution in [3.63, 3.8) is 0 Å². The largest absolute Gasteiger partial charge is 0.396 e. The van der Waals surface area contributed by atoms with Crippen molar-refractivity contribution in [3.05, 3.63) is 0 Å². The molecule has 0 aromatic carbocycles. The number of carbonyl (C=O) groups is 1. The van der Waals surface area contributed by atoms with E-state index in [0.29, 0.717) is 11.8 Å². The van der Waals surface area contributed by atoms with E-state index in [9.17, 15) is 4.79 Å². The van der Waals surface area contributed by atoms with Crippen LogP contribution in [0.3, 0.4) is 0 Å². The maximum atomic E-state index is 12.3. The fourth-order valence-corrected chi connectivity index (χ4v) is 2.70. The smallest absolute Gasteiger partial charge is 0.229 e. The lowest BCUT2D eigenvalue weighted by Gasteiger charge is -2.36. The number of hydrogen-bond acceptors (Lipinski definition) is 3. The van der Waals surface area contributed by atoms with E-state index in [1.54, 1.807) is 0 Å². The standard InChI is InChI=1S/C12H22N2O2/c1-12(4-5-13-9-12)11(16)14-6-2-10(8-15)3-7-14/h10,13,15H,2-9H2,1H3. The molecule has 4 heteroatoms. The molecule has 2 heterocycles. The number of hydrogen-bond donors (Lipinski definition) is 2. The number of nitrogens with one attached hydrogen (secondary N) is 1. The Labute approximate surface area is 97.0 Å². The van der Waals surface area contributed by atoms with Gasteiger partial charge in [0, 0.05) is 26.2 Å². The van der Waals surface area contributed by atoms with Gasteiger partial charge in [0.05, 0.1) is 5.41 Å². The van der Waals surface area contributed by atoms with Gasteiger partial charge in [0.1, 0.15) is 0 Å². The number of rotatable bonds is 2. The van der Waals surface area contributed by atoms with Crippen molar-refractivity contribution in [1.82, 2.24) is 10.2 Å². The molecule has 92 valence electrons. The highest BCUT2D eigenvalue weighted by molar-refractivity contribution is 5.83. The van der Waals surface area contributed by atoms with Gasteiger partial charge in [0.15, 0.2) is 0 Å². The van der Waals surface area contributed by atoms with Gasteiger partial charge in [0.25, 0.3) is 0 Å². The van der Waals surface area contributed by atoms with Crippen molar-refractivity contribution in [2.24, 2.45) is 11.3 Å². The van der Waals surface area contributed by atoms with Crippen molar-refractivity contribution in [3.8, 4) is 0 Å². The summed E-state index contributed by atoms with van der Waals surface area (Å²) in [7, 11) is 0. The molecule has 2 rings (SSSR count). The van der Waals surface area contributed by atoms with Gasteiger partial charge < -0.3 is 15.3 Å². The monoisotopic (exact) mass is 226 g/mol. The summed E-state index contributed by atoms with van der Waals surface area (Å²) in [4.78, 5) is 14.3. The van der Waals surface area contributed by atoms with Crippen LogP contribution in [0.2, 0.25) is 0 Å². The van der Waals surface area contributed by atoms with E-state index in [1.165, 1.54) is 0 Å². The zero-order valence-corrected chi connectivity index (χ0v) is 10.0. The summed E-state index contributed by atoms with van der Waals surface area (Å²) in [6.45, 7) is 5.73. The summed E-state index contributed by atoms with van der Waals surface area (Å²) >= 11 is 0. The van der Waals surface area contributed by atoms with Gasteiger partial charge in [-0.05, 0) is 38.6 Å². The maximum absolute atomic E-state index is 12.3. The third-order valence-corrected chi connectivity index (χ3v) is 4.04. The number of aliphatic hydroxyl groups excluding tert-OH is 1. The number of likely N-dealkylation sites (tertiary alicyclic amines) is 1. The quantitative estimate of drug-likeness (QED) is 0.708. The minimum atomic E-state index is -0.188. The second-order valence-corrected chi connectivity index (χ2v) is 5.41. The molecule has 2 fully saturated rings. The van der Waals surface area contributed by atoms with E-state index in [2.05, 4.69) is 12.2 Å². The molecule has 1 amide bonds. The summed E-state index contributed by atoms with van der Waals surface area (Å²) < 4.78 is 0. The molecular formula is C12H22N2O2. The molecule has 0 radical (unpaired) electrons. The molecule has 0 aromatic heterocycles. The van der Waals surface area contributed by atoms with E-state index in [1.807, 2.05) is 4.90 Å². The zero-order valence-electron chi connectivity index (χ0n) is 10.0. The Bertz CT molecular complexity index is 254. The SMILES string of the molecule is CC1(C(=O)N2CCC(CO)CC2)CCNC1. The Morgan fingerprint density at radius 2 is 2.19 bits per heavy atom. The molecule has 0 aromatic rings. The lowest BCUT2D eigenvalue weighted by Crippen LogP contribution is -2.47. The molecule has 2 aliphatic heterocycles. The van der Waals surface area contributed by atoms with Crippen LogP contribution in [0.15, 0.2) is 0 Å². The number of nitrogens with zero attached hydrogens (tertiary/aromatic N) is 1. The minimum Gasteiger partial charge on any atom is -0.396 e. The molecule has 2 N–H and O–H groups in total. The van der Waals surface area contributed by atoms with E-state index < -0.39 is 0 Å². The average molecular weight is 226 g/mol. The third-order valence-electron chi connectivity index (χ3n) is 4.04. The van der Waals surface area contributed by atoms with Crippen molar-refractivity contribution in [2.75, 3.05) is 32.8 Å². The van der Waals surface area contributed by atoms with Crippen molar-refractivity contribution >= 4 is 5.91 Å². The Hall–Kier alpha value is -0.610. The van der Waals surface area contributed by atoms with Crippen LogP contribution >= 0.6 is 0 Å². The van der Waals surface area contributed by atoms with Crippen LogP contribution in [0.25, 0.3) is 0 Å². The first-order valence-electron chi connectivity index (χ1n) is 6.27. The van der Waals surface area contributed by atoms with Crippen LogP contribution in [-0.4, -0.2) is 48.7 Å². The summed E-state index contributed by atoms with van der Waals surface area (Å²) in [5, 5.41) is 12.3. The lowest BCUT2D eigenvalue weighted by molar-refractivity contribution is -0.141. The summed E-state index contributed by atoms with van der Waals surface area (Å²) in [5.74, 6) is 0.701. The predicted molar refractivity (Wildman–Crippen MR) is 62.0 cm³/mol. The normalized spacial score (nSPS) is 32.0. The molecule has 0 spiro atoms. The second kappa shape index (κ2) is 4.72. The third kappa shape index (κ3) is 2.23. The van der Waals surface area contributed by atoms with Gasteiger partial charge in [0.2, 0.25) is 5.91 Å². The van der Waals surface area contributed by atoms with Gasteiger partial charge in [-0.15, -0.1) is 0 Å². The van der Waals surface area contributed by atoms with Crippen LogP contribution in [0, 0.1) is 11.3 Å². The highest BCUT2D eigenvalue weighted by Crippen LogP contribution is 2.29.